The van der Waals surface area contributed by atoms with Crippen LogP contribution in [0.3, 0.4) is 0 Å². The third-order valence-corrected chi connectivity index (χ3v) is 18.0. The molecule has 1 fully saturated rings. The molecule has 2 unspecified atom stereocenters. The molecule has 3 aromatic heterocycles. The maximum Gasteiger partial charge on any atom is 0.252 e. The zero-order valence-corrected chi connectivity index (χ0v) is 40.1. The summed E-state index contributed by atoms with van der Waals surface area (Å²) < 4.78 is 12.1. The molecule has 0 radical (unpaired) electrons. The van der Waals surface area contributed by atoms with Crippen molar-refractivity contribution in [2.75, 3.05) is 9.80 Å². The second kappa shape index (κ2) is 12.8. The molecular weight excluding hydrogens is 822 g/mol. The molecule has 0 spiro atoms. The second-order valence-electron chi connectivity index (χ2n) is 22.4. The number of anilines is 5. The predicted octanol–water partition coefficient (Wildman–Crippen LogP) is 14.8. The lowest BCUT2D eigenvalue weighted by Gasteiger charge is -2.50. The summed E-state index contributed by atoms with van der Waals surface area (Å²) in [7, 11) is 0. The number of furan rings is 1. The van der Waals surface area contributed by atoms with E-state index in [2.05, 4.69) is 203 Å². The van der Waals surface area contributed by atoms with Crippen LogP contribution in [0.2, 0.25) is 0 Å². The Morgan fingerprint density at radius 1 is 0.576 bits per heavy atom. The Labute approximate surface area is 391 Å². The fourth-order valence-electron chi connectivity index (χ4n) is 13.3. The number of fused-ring (bicyclic) bond motifs is 15. The summed E-state index contributed by atoms with van der Waals surface area (Å²) >= 11 is 1.94. The van der Waals surface area contributed by atoms with Gasteiger partial charge in [0.1, 0.15) is 11.2 Å². The van der Waals surface area contributed by atoms with Crippen molar-refractivity contribution in [2.24, 2.45) is 0 Å². The normalized spacial score (nSPS) is 19.9. The maximum absolute atomic E-state index is 6.69. The van der Waals surface area contributed by atoms with Gasteiger partial charge in [0.05, 0.1) is 32.3 Å². The van der Waals surface area contributed by atoms with Crippen molar-refractivity contribution in [1.82, 2.24) is 4.57 Å². The molecule has 4 aliphatic rings. The Bertz CT molecular complexity index is 3760. The molecule has 0 bridgehead atoms. The number of hydrogen-bond donors (Lipinski definition) is 0. The number of benzene rings is 7. The van der Waals surface area contributed by atoms with Crippen LogP contribution in [0.4, 0.5) is 28.4 Å². The van der Waals surface area contributed by atoms with E-state index < -0.39 is 0 Å². The monoisotopic (exact) mass is 875 g/mol. The molecule has 4 nitrogen and oxygen atoms in total. The van der Waals surface area contributed by atoms with E-state index in [-0.39, 0.29) is 28.5 Å². The van der Waals surface area contributed by atoms with Crippen LogP contribution < -0.4 is 26.2 Å². The molecule has 0 amide bonds. The minimum Gasteiger partial charge on any atom is -0.456 e. The number of thiophene rings is 1. The van der Waals surface area contributed by atoms with E-state index in [1.54, 1.807) is 0 Å². The molecule has 0 N–H and O–H groups in total. The third-order valence-electron chi connectivity index (χ3n) is 16.8. The highest BCUT2D eigenvalue weighted by Crippen LogP contribution is 2.62. The van der Waals surface area contributed by atoms with Crippen LogP contribution >= 0.6 is 11.3 Å². The van der Waals surface area contributed by atoms with Gasteiger partial charge in [-0.05, 0) is 118 Å². The molecule has 66 heavy (non-hydrogen) atoms. The first-order valence-electron chi connectivity index (χ1n) is 24.2. The van der Waals surface area contributed by atoms with Crippen LogP contribution in [0.1, 0.15) is 97.8 Å². The van der Waals surface area contributed by atoms with Gasteiger partial charge in [0, 0.05) is 54.7 Å². The van der Waals surface area contributed by atoms with Crippen molar-refractivity contribution < 1.29 is 4.42 Å². The van der Waals surface area contributed by atoms with Crippen molar-refractivity contribution in [3.63, 3.8) is 0 Å². The lowest BCUT2D eigenvalue weighted by Crippen LogP contribution is -2.60. The third kappa shape index (κ3) is 4.86. The van der Waals surface area contributed by atoms with Crippen LogP contribution in [0.5, 0.6) is 0 Å². The second-order valence-corrected chi connectivity index (χ2v) is 23.5. The van der Waals surface area contributed by atoms with E-state index in [9.17, 15) is 0 Å². The van der Waals surface area contributed by atoms with Crippen molar-refractivity contribution in [3.8, 4) is 5.69 Å². The zero-order valence-electron chi connectivity index (χ0n) is 39.3. The highest BCUT2D eigenvalue weighted by Gasteiger charge is 2.58. The molecule has 2 atom stereocenters. The minimum atomic E-state index is -0.118. The lowest BCUT2D eigenvalue weighted by molar-refractivity contribution is 0.195. The van der Waals surface area contributed by atoms with Gasteiger partial charge >= 0.3 is 0 Å². The first-order valence-corrected chi connectivity index (χ1v) is 25.0. The quantitative estimate of drug-likeness (QED) is 0.162. The molecule has 324 valence electrons. The van der Waals surface area contributed by atoms with E-state index in [0.717, 1.165) is 34.0 Å². The van der Waals surface area contributed by atoms with Gasteiger partial charge < -0.3 is 18.8 Å². The Hall–Kier alpha value is -6.24. The number of nitrogens with zero attached hydrogens (tertiary/aromatic N) is 3. The summed E-state index contributed by atoms with van der Waals surface area (Å²) in [6, 6.07) is 51.5. The van der Waals surface area contributed by atoms with Crippen molar-refractivity contribution in [3.05, 3.63) is 150 Å². The topological polar surface area (TPSA) is 24.6 Å². The fraction of sp³-hybridized carbons (Fsp3) is 0.267. The number of rotatable bonds is 2. The van der Waals surface area contributed by atoms with E-state index in [1.807, 2.05) is 11.3 Å². The Balaban J connectivity index is 1.11. The summed E-state index contributed by atoms with van der Waals surface area (Å²) in [5.74, 6) is 0. The Morgan fingerprint density at radius 2 is 1.30 bits per heavy atom. The molecule has 1 aliphatic carbocycles. The summed E-state index contributed by atoms with van der Waals surface area (Å²) in [5.41, 5.74) is 20.3. The fourth-order valence-corrected chi connectivity index (χ4v) is 14.5. The average molecular weight is 876 g/mol. The summed E-state index contributed by atoms with van der Waals surface area (Å²) in [6.07, 6.45) is 4.84. The van der Waals surface area contributed by atoms with E-state index in [0.29, 0.717) is 0 Å². The largest absolute Gasteiger partial charge is 0.456 e. The molecule has 3 aliphatic heterocycles. The van der Waals surface area contributed by atoms with E-state index >= 15 is 0 Å². The van der Waals surface area contributed by atoms with Gasteiger partial charge in [0.15, 0.2) is 0 Å². The van der Waals surface area contributed by atoms with Gasteiger partial charge in [-0.25, -0.2) is 0 Å². The summed E-state index contributed by atoms with van der Waals surface area (Å²) in [6.45, 7) is 19.4. The van der Waals surface area contributed by atoms with Crippen LogP contribution in [0.25, 0.3) is 58.8 Å². The SMILES string of the molecule is CC(C)(C)c1cc2c3c(c1)-n1c4c(cccc4c4sc5ccccc5c41)B3c1ccc(N3c4ccc(C(C)(C)C)cc4C4(C)CCCCC34C)cc1N2c1cccc2oc3ccccc3c12. The number of hydrogen-bond acceptors (Lipinski definition) is 4. The first-order chi connectivity index (χ1) is 31.7. The molecule has 1 saturated carbocycles. The van der Waals surface area contributed by atoms with Crippen molar-refractivity contribution >= 4 is 116 Å². The lowest BCUT2D eigenvalue weighted by atomic mass is 9.33. The van der Waals surface area contributed by atoms with Gasteiger partial charge in [-0.2, -0.15) is 0 Å². The van der Waals surface area contributed by atoms with Gasteiger partial charge in [0.25, 0.3) is 6.71 Å². The Morgan fingerprint density at radius 3 is 2.14 bits per heavy atom. The zero-order chi connectivity index (χ0) is 44.8. The molecule has 10 aromatic rings. The summed E-state index contributed by atoms with van der Waals surface area (Å²) in [5, 5.41) is 4.96. The van der Waals surface area contributed by atoms with Crippen molar-refractivity contribution in [1.29, 1.82) is 0 Å². The summed E-state index contributed by atoms with van der Waals surface area (Å²) in [4.78, 5) is 5.42. The molecule has 14 rings (SSSR count). The van der Waals surface area contributed by atoms with E-state index in [4.69, 9.17) is 4.42 Å². The maximum atomic E-state index is 6.69. The highest BCUT2D eigenvalue weighted by atomic mass is 32.1. The van der Waals surface area contributed by atoms with Gasteiger partial charge in [-0.1, -0.05) is 140 Å². The van der Waals surface area contributed by atoms with Gasteiger partial charge in [0.2, 0.25) is 0 Å². The molecular formula is C60H54BN3OS. The number of para-hydroxylation sites is 2. The van der Waals surface area contributed by atoms with Crippen LogP contribution in [0.15, 0.2) is 138 Å². The Kier molecular flexibility index (Phi) is 7.56. The van der Waals surface area contributed by atoms with Crippen LogP contribution in [0, 0.1) is 0 Å². The molecule has 7 aromatic carbocycles. The van der Waals surface area contributed by atoms with Crippen molar-refractivity contribution in [2.45, 2.75) is 103 Å². The minimum absolute atomic E-state index is 0.0172. The predicted molar refractivity (Wildman–Crippen MR) is 283 cm³/mol. The first kappa shape index (κ1) is 39.0. The highest BCUT2D eigenvalue weighted by molar-refractivity contribution is 7.26. The molecule has 0 saturated heterocycles. The van der Waals surface area contributed by atoms with E-state index in [1.165, 1.54) is 112 Å². The molecule has 6 heteroatoms. The smallest absolute Gasteiger partial charge is 0.252 e. The average Bonchev–Trinajstić information content (AvgIpc) is 4.02. The standard InChI is InChI=1S/C60H54BN3OS/c1-57(2,3)35-25-28-44-41(31-35)59(7)29-13-14-30-60(59,8)64(44)37-26-27-42-46(34-37)62(45-21-16-23-50-52(45)38-17-9-11-22-49(38)65-50)47-32-36(58(4,5)6)33-48-53(47)61(42)43-20-15-19-40-54(43)63(48)55-39-18-10-12-24-51(39)66-56(40)55/h9-12,15-28,31-34H,13-14,29-30H2,1-8H3. The van der Waals surface area contributed by atoms with Gasteiger partial charge in [-0.15, -0.1) is 11.3 Å². The number of aromatic nitrogens is 1. The molecule has 6 heterocycles. The van der Waals surface area contributed by atoms with Crippen LogP contribution in [-0.2, 0) is 16.2 Å². The van der Waals surface area contributed by atoms with Crippen LogP contribution in [-0.4, -0.2) is 16.8 Å². The van der Waals surface area contributed by atoms with Gasteiger partial charge in [-0.3, -0.25) is 0 Å².